The van der Waals surface area contributed by atoms with Crippen molar-refractivity contribution in [3.05, 3.63) is 89.8 Å². The van der Waals surface area contributed by atoms with Crippen LogP contribution < -0.4 is 14.5 Å². The summed E-state index contributed by atoms with van der Waals surface area (Å²) in [5.41, 5.74) is 2.17. The first-order chi connectivity index (χ1) is 11.7. The van der Waals surface area contributed by atoms with E-state index in [1.165, 1.54) is 0 Å². The van der Waals surface area contributed by atoms with E-state index in [0.717, 1.165) is 16.4 Å². The van der Waals surface area contributed by atoms with E-state index in [1.807, 2.05) is 36.4 Å². The Morgan fingerprint density at radius 3 is 2.04 bits per heavy atom. The van der Waals surface area contributed by atoms with Crippen LogP contribution in [0.15, 0.2) is 84.6 Å². The Hall–Kier alpha value is -2.98. The molecule has 4 nitrogen and oxygen atoms in total. The molecule has 0 N–H and O–H groups in total. The largest absolute Gasteiger partial charge is 0.754 e. The zero-order valence-electron chi connectivity index (χ0n) is 13.4. The Morgan fingerprint density at radius 2 is 1.50 bits per heavy atom. The number of ether oxygens (including phenoxy) is 2. The summed E-state index contributed by atoms with van der Waals surface area (Å²) in [7, 11) is 1.62. The lowest BCUT2D eigenvalue weighted by Gasteiger charge is -2.33. The van der Waals surface area contributed by atoms with E-state index in [1.54, 1.807) is 37.5 Å². The predicted molar refractivity (Wildman–Crippen MR) is 96.3 cm³/mol. The average Bonchev–Trinajstić information content (AvgIpc) is 2.63. The van der Waals surface area contributed by atoms with Crippen molar-refractivity contribution in [2.45, 2.75) is 6.42 Å². The van der Waals surface area contributed by atoms with Gasteiger partial charge in [0.1, 0.15) is 17.2 Å². The maximum absolute atomic E-state index is 12.4. The lowest BCUT2D eigenvalue weighted by atomic mass is 10.1. The van der Waals surface area contributed by atoms with Gasteiger partial charge in [0.15, 0.2) is 0 Å². The SMILES string of the molecule is C=C1C=CC(N([O-])c2ccc(Oc3ccc(OC)cc3)cc2)=CC1. The number of anilines is 1. The van der Waals surface area contributed by atoms with Crippen molar-refractivity contribution < 1.29 is 9.47 Å². The van der Waals surface area contributed by atoms with E-state index in [4.69, 9.17) is 9.47 Å². The molecule has 0 saturated carbocycles. The van der Waals surface area contributed by atoms with Crippen LogP contribution in [0.25, 0.3) is 0 Å². The Kier molecular flexibility index (Phi) is 4.68. The van der Waals surface area contributed by atoms with Crippen LogP contribution in [-0.2, 0) is 0 Å². The van der Waals surface area contributed by atoms with Crippen LogP contribution in [0.4, 0.5) is 5.69 Å². The van der Waals surface area contributed by atoms with Crippen molar-refractivity contribution in [3.63, 3.8) is 0 Å². The minimum atomic E-state index is 0.556. The fraction of sp³-hybridized carbons (Fsp3) is 0.100. The summed E-state index contributed by atoms with van der Waals surface area (Å²) < 4.78 is 10.9. The second-order valence-corrected chi connectivity index (χ2v) is 5.39. The van der Waals surface area contributed by atoms with Crippen molar-refractivity contribution in [2.75, 3.05) is 12.2 Å². The lowest BCUT2D eigenvalue weighted by Crippen LogP contribution is -2.13. The second kappa shape index (κ2) is 7.06. The molecule has 0 aromatic heterocycles. The molecule has 24 heavy (non-hydrogen) atoms. The average molecular weight is 320 g/mol. The monoisotopic (exact) mass is 320 g/mol. The fourth-order valence-corrected chi connectivity index (χ4v) is 2.30. The predicted octanol–water partition coefficient (Wildman–Crippen LogP) is 5.19. The van der Waals surface area contributed by atoms with Gasteiger partial charge in [-0.1, -0.05) is 24.3 Å². The highest BCUT2D eigenvalue weighted by Gasteiger charge is 2.05. The minimum absolute atomic E-state index is 0.556. The third-order valence-electron chi connectivity index (χ3n) is 3.66. The van der Waals surface area contributed by atoms with E-state index in [0.29, 0.717) is 29.3 Å². The van der Waals surface area contributed by atoms with Crippen LogP contribution >= 0.6 is 0 Å². The van der Waals surface area contributed by atoms with Gasteiger partial charge in [-0.2, -0.15) is 0 Å². The Morgan fingerprint density at radius 1 is 0.917 bits per heavy atom. The van der Waals surface area contributed by atoms with Crippen molar-refractivity contribution in [3.8, 4) is 17.2 Å². The van der Waals surface area contributed by atoms with Gasteiger partial charge in [0.25, 0.3) is 0 Å². The molecule has 122 valence electrons. The molecule has 1 aliphatic rings. The molecule has 3 rings (SSSR count). The van der Waals surface area contributed by atoms with Crippen molar-refractivity contribution in [1.82, 2.24) is 0 Å². The number of allylic oxidation sites excluding steroid dienone is 4. The number of methoxy groups -OCH3 is 1. The summed E-state index contributed by atoms with van der Waals surface area (Å²) >= 11 is 0. The first-order valence-corrected chi connectivity index (χ1v) is 7.61. The normalized spacial score (nSPS) is 13.4. The molecule has 0 atom stereocenters. The van der Waals surface area contributed by atoms with Crippen molar-refractivity contribution >= 4 is 5.69 Å². The van der Waals surface area contributed by atoms with Crippen LogP contribution in [0.5, 0.6) is 17.2 Å². The van der Waals surface area contributed by atoms with Crippen LogP contribution in [0.2, 0.25) is 0 Å². The van der Waals surface area contributed by atoms with Crippen molar-refractivity contribution in [2.24, 2.45) is 0 Å². The highest BCUT2D eigenvalue weighted by molar-refractivity contribution is 5.58. The number of hydrogen-bond donors (Lipinski definition) is 0. The van der Waals surface area contributed by atoms with Gasteiger partial charge in [-0.15, -0.1) is 0 Å². The van der Waals surface area contributed by atoms with Crippen LogP contribution in [0.1, 0.15) is 6.42 Å². The summed E-state index contributed by atoms with van der Waals surface area (Å²) in [4.78, 5) is 0. The molecule has 1 aliphatic carbocycles. The molecule has 2 aromatic rings. The first kappa shape index (κ1) is 15.9. The number of rotatable bonds is 5. The third kappa shape index (κ3) is 3.67. The Bertz CT molecular complexity index is 774. The number of hydrogen-bond acceptors (Lipinski definition) is 4. The van der Waals surface area contributed by atoms with Gasteiger partial charge in [0.05, 0.1) is 7.11 Å². The van der Waals surface area contributed by atoms with Gasteiger partial charge in [-0.05, 0) is 61.0 Å². The molecular weight excluding hydrogens is 302 g/mol. The number of hydroxylamine groups is 1. The quantitative estimate of drug-likeness (QED) is 0.711. The summed E-state index contributed by atoms with van der Waals surface area (Å²) in [5, 5.41) is 13.3. The molecule has 4 heteroatoms. The van der Waals surface area contributed by atoms with Gasteiger partial charge in [-0.25, -0.2) is 0 Å². The maximum atomic E-state index is 12.4. The number of benzene rings is 2. The standard InChI is InChI=1S/C20H18NO3/c1-15-3-5-16(6-4-15)21(22)17-7-9-19(10-8-17)24-20-13-11-18(23-2)12-14-20/h3,5-14H,1,4H2,2H3/q-1. The Balaban J connectivity index is 1.68. The number of nitrogens with zero attached hydrogens (tertiary/aromatic N) is 1. The van der Waals surface area contributed by atoms with Gasteiger partial charge >= 0.3 is 0 Å². The van der Waals surface area contributed by atoms with Gasteiger partial charge in [-0.3, -0.25) is 0 Å². The summed E-state index contributed by atoms with van der Waals surface area (Å²) in [5.74, 6) is 2.15. The minimum Gasteiger partial charge on any atom is -0.754 e. The zero-order chi connectivity index (χ0) is 16.9. The lowest BCUT2D eigenvalue weighted by molar-refractivity contribution is 0.413. The van der Waals surface area contributed by atoms with E-state index in [2.05, 4.69) is 6.58 Å². The van der Waals surface area contributed by atoms with E-state index in [-0.39, 0.29) is 0 Å². The van der Waals surface area contributed by atoms with Gasteiger partial charge in [0.2, 0.25) is 0 Å². The van der Waals surface area contributed by atoms with Crippen molar-refractivity contribution in [1.29, 1.82) is 0 Å². The topological polar surface area (TPSA) is 44.8 Å². The Labute approximate surface area is 141 Å². The smallest absolute Gasteiger partial charge is 0.127 e. The molecule has 0 unspecified atom stereocenters. The van der Waals surface area contributed by atoms with Crippen LogP contribution in [-0.4, -0.2) is 7.11 Å². The highest BCUT2D eigenvalue weighted by Crippen LogP contribution is 2.28. The molecule has 0 aliphatic heterocycles. The van der Waals surface area contributed by atoms with Crippen LogP contribution in [0, 0.1) is 5.21 Å². The summed E-state index contributed by atoms with van der Waals surface area (Å²) in [6.07, 6.45) is 6.21. The molecule has 0 saturated heterocycles. The molecular formula is C20H18NO3-. The van der Waals surface area contributed by atoms with Gasteiger partial charge in [0, 0.05) is 11.4 Å². The molecule has 0 amide bonds. The molecule has 2 aromatic carbocycles. The van der Waals surface area contributed by atoms with E-state index >= 15 is 0 Å². The molecule has 0 fully saturated rings. The van der Waals surface area contributed by atoms with Crippen LogP contribution in [0.3, 0.4) is 0 Å². The molecule has 0 bridgehead atoms. The van der Waals surface area contributed by atoms with Gasteiger partial charge < -0.3 is 19.7 Å². The second-order valence-electron chi connectivity index (χ2n) is 5.39. The zero-order valence-corrected chi connectivity index (χ0v) is 13.4. The first-order valence-electron chi connectivity index (χ1n) is 7.61. The molecule has 0 radical (unpaired) electrons. The maximum Gasteiger partial charge on any atom is 0.127 e. The molecule has 0 spiro atoms. The molecule has 0 heterocycles. The summed E-state index contributed by atoms with van der Waals surface area (Å²) in [6.45, 7) is 3.87. The highest BCUT2D eigenvalue weighted by atomic mass is 16.5. The summed E-state index contributed by atoms with van der Waals surface area (Å²) in [6, 6.07) is 14.4. The fourth-order valence-electron chi connectivity index (χ4n) is 2.30. The van der Waals surface area contributed by atoms with E-state index in [9.17, 15) is 5.21 Å². The third-order valence-corrected chi connectivity index (χ3v) is 3.66. The van der Waals surface area contributed by atoms with E-state index < -0.39 is 0 Å².